The van der Waals surface area contributed by atoms with Gasteiger partial charge in [0.15, 0.2) is 0 Å². The monoisotopic (exact) mass is 206 g/mol. The highest BCUT2D eigenvalue weighted by atomic mass is 16.5. The Bertz CT molecular complexity index is 361. The van der Waals surface area contributed by atoms with Crippen molar-refractivity contribution >= 4 is 17.7 Å². The Morgan fingerprint density at radius 3 is 2.53 bits per heavy atom. The number of nitrogens with zero attached hydrogens (tertiary/aromatic N) is 2. The highest BCUT2D eigenvalue weighted by molar-refractivity contribution is 6.00. The van der Waals surface area contributed by atoms with Crippen molar-refractivity contribution in [2.24, 2.45) is 10.7 Å². The minimum Gasteiger partial charge on any atom is -0.467 e. The van der Waals surface area contributed by atoms with Gasteiger partial charge >= 0.3 is 6.02 Å². The first-order chi connectivity index (χ1) is 7.15. The number of nitrogens with two attached hydrogens (primary N) is 1. The number of hydrogen-bond donors (Lipinski definition) is 2. The molecule has 0 bridgehead atoms. The molecular formula is C10H14N4O. The zero-order valence-corrected chi connectivity index (χ0v) is 8.77. The van der Waals surface area contributed by atoms with E-state index in [1.807, 2.05) is 30.3 Å². The van der Waals surface area contributed by atoms with Gasteiger partial charge in [-0.2, -0.15) is 4.99 Å². The van der Waals surface area contributed by atoms with Gasteiger partial charge in [-0.15, -0.1) is 0 Å². The molecule has 0 spiro atoms. The molecule has 80 valence electrons. The minimum atomic E-state index is -0.213. The molecule has 0 radical (unpaired) electrons. The fraction of sp³-hybridized carbons (Fsp3) is 0.200. The van der Waals surface area contributed by atoms with Crippen LogP contribution in [0.15, 0.2) is 35.3 Å². The number of aliphatic imine (C=N–C) groups is 1. The van der Waals surface area contributed by atoms with Gasteiger partial charge < -0.3 is 15.4 Å². The molecule has 5 heteroatoms. The summed E-state index contributed by atoms with van der Waals surface area (Å²) in [4.78, 5) is 5.43. The first-order valence-electron chi connectivity index (χ1n) is 4.40. The molecule has 0 amide bonds. The quantitative estimate of drug-likeness (QED) is 0.532. The summed E-state index contributed by atoms with van der Waals surface area (Å²) >= 11 is 0. The molecule has 1 aromatic carbocycles. The van der Waals surface area contributed by atoms with Crippen molar-refractivity contribution in [3.8, 4) is 0 Å². The van der Waals surface area contributed by atoms with Gasteiger partial charge in [-0.25, -0.2) is 5.41 Å². The van der Waals surface area contributed by atoms with Crippen LogP contribution in [0.4, 0.5) is 5.69 Å². The van der Waals surface area contributed by atoms with Crippen LogP contribution in [-0.4, -0.2) is 26.1 Å². The minimum absolute atomic E-state index is 0.213. The maximum absolute atomic E-state index is 7.21. The molecular weight excluding hydrogens is 192 g/mol. The van der Waals surface area contributed by atoms with E-state index in [1.165, 1.54) is 7.11 Å². The summed E-state index contributed by atoms with van der Waals surface area (Å²) in [5, 5.41) is 7.21. The normalized spacial score (nSPS) is 10.9. The predicted octanol–water partition coefficient (Wildman–Crippen LogP) is 1.02. The van der Waals surface area contributed by atoms with Gasteiger partial charge in [0, 0.05) is 12.7 Å². The summed E-state index contributed by atoms with van der Waals surface area (Å²) in [5.74, 6) is 0.216. The van der Waals surface area contributed by atoms with Gasteiger partial charge in [-0.3, -0.25) is 0 Å². The fourth-order valence-electron chi connectivity index (χ4n) is 1.01. The first-order valence-corrected chi connectivity index (χ1v) is 4.40. The Labute approximate surface area is 88.7 Å². The maximum Gasteiger partial charge on any atom is 0.311 e. The molecule has 15 heavy (non-hydrogen) atoms. The largest absolute Gasteiger partial charge is 0.467 e. The number of hydrogen-bond acceptors (Lipinski definition) is 2. The highest BCUT2D eigenvalue weighted by Gasteiger charge is 2.04. The standard InChI is InChI=1S/C10H14N4O/c1-14(8-6-4-3-5-7-8)9(11)13-10(12)15-2/h3-7H,1-2H3,(H3,11,12,13). The lowest BCUT2D eigenvalue weighted by atomic mass is 10.3. The molecule has 0 aromatic heterocycles. The van der Waals surface area contributed by atoms with Crippen molar-refractivity contribution in [2.75, 3.05) is 19.1 Å². The second kappa shape index (κ2) is 4.99. The number of methoxy groups -OCH3 is 1. The average Bonchev–Trinajstić information content (AvgIpc) is 2.29. The molecule has 0 aliphatic heterocycles. The van der Waals surface area contributed by atoms with Crippen LogP contribution < -0.4 is 10.6 Å². The number of anilines is 1. The zero-order chi connectivity index (χ0) is 11.3. The Morgan fingerprint density at radius 1 is 1.40 bits per heavy atom. The fourth-order valence-corrected chi connectivity index (χ4v) is 1.01. The lowest BCUT2D eigenvalue weighted by Crippen LogP contribution is -2.34. The third-order valence-electron chi connectivity index (χ3n) is 1.90. The number of nitrogens with one attached hydrogen (secondary N) is 1. The molecule has 0 aliphatic rings. The third kappa shape index (κ3) is 2.98. The van der Waals surface area contributed by atoms with Gasteiger partial charge in [-0.05, 0) is 12.1 Å². The van der Waals surface area contributed by atoms with Gasteiger partial charge in [0.2, 0.25) is 5.96 Å². The number of amidine groups is 1. The molecule has 0 atom stereocenters. The van der Waals surface area contributed by atoms with Crippen molar-refractivity contribution in [1.82, 2.24) is 0 Å². The van der Waals surface area contributed by atoms with Gasteiger partial charge in [-0.1, -0.05) is 18.2 Å². The van der Waals surface area contributed by atoms with E-state index in [2.05, 4.69) is 9.73 Å². The summed E-state index contributed by atoms with van der Waals surface area (Å²) in [6.45, 7) is 0. The van der Waals surface area contributed by atoms with Gasteiger partial charge in [0.1, 0.15) is 0 Å². The predicted molar refractivity (Wildman–Crippen MR) is 61.2 cm³/mol. The summed E-state index contributed by atoms with van der Waals surface area (Å²) in [7, 11) is 3.15. The van der Waals surface area contributed by atoms with Crippen molar-refractivity contribution < 1.29 is 4.74 Å². The molecule has 0 saturated heterocycles. The topological polar surface area (TPSA) is 74.7 Å². The summed E-state index contributed by atoms with van der Waals surface area (Å²) in [5.41, 5.74) is 6.59. The lowest BCUT2D eigenvalue weighted by molar-refractivity contribution is 0.393. The van der Waals surface area contributed by atoms with E-state index in [0.29, 0.717) is 0 Å². The maximum atomic E-state index is 7.21. The van der Waals surface area contributed by atoms with Gasteiger partial charge in [0.05, 0.1) is 7.11 Å². The van der Waals surface area contributed by atoms with E-state index in [0.717, 1.165) is 5.69 Å². The summed E-state index contributed by atoms with van der Waals surface area (Å²) in [6.07, 6.45) is 0. The van der Waals surface area contributed by atoms with Crippen molar-refractivity contribution in [1.29, 1.82) is 5.41 Å². The Hall–Kier alpha value is -2.04. The van der Waals surface area contributed by atoms with Crippen LogP contribution >= 0.6 is 0 Å². The van der Waals surface area contributed by atoms with E-state index in [4.69, 9.17) is 11.1 Å². The second-order valence-electron chi connectivity index (χ2n) is 2.87. The van der Waals surface area contributed by atoms with Crippen LogP contribution in [0.5, 0.6) is 0 Å². The number of guanidine groups is 1. The number of rotatable bonds is 1. The first kappa shape index (κ1) is 11.0. The molecule has 0 aliphatic carbocycles. The van der Waals surface area contributed by atoms with E-state index in [9.17, 15) is 0 Å². The third-order valence-corrected chi connectivity index (χ3v) is 1.90. The Kier molecular flexibility index (Phi) is 3.68. The second-order valence-corrected chi connectivity index (χ2v) is 2.87. The Balaban J connectivity index is 2.81. The van der Waals surface area contributed by atoms with Crippen LogP contribution in [0, 0.1) is 5.41 Å². The van der Waals surface area contributed by atoms with E-state index < -0.39 is 0 Å². The molecule has 1 rings (SSSR count). The molecule has 0 saturated carbocycles. The van der Waals surface area contributed by atoms with Crippen molar-refractivity contribution in [3.63, 3.8) is 0 Å². The molecule has 0 unspecified atom stereocenters. The average molecular weight is 206 g/mol. The number of para-hydroxylation sites is 1. The van der Waals surface area contributed by atoms with E-state index >= 15 is 0 Å². The van der Waals surface area contributed by atoms with Crippen molar-refractivity contribution in [3.05, 3.63) is 30.3 Å². The van der Waals surface area contributed by atoms with Crippen LogP contribution in [0.3, 0.4) is 0 Å². The highest BCUT2D eigenvalue weighted by Crippen LogP contribution is 2.10. The van der Waals surface area contributed by atoms with Crippen LogP contribution in [0.25, 0.3) is 0 Å². The summed E-state index contributed by atoms with van der Waals surface area (Å²) in [6, 6.07) is 9.32. The van der Waals surface area contributed by atoms with Crippen LogP contribution in [-0.2, 0) is 4.74 Å². The lowest BCUT2D eigenvalue weighted by Gasteiger charge is -2.17. The van der Waals surface area contributed by atoms with Crippen molar-refractivity contribution in [2.45, 2.75) is 0 Å². The van der Waals surface area contributed by atoms with Gasteiger partial charge in [0.25, 0.3) is 0 Å². The molecule has 0 heterocycles. The van der Waals surface area contributed by atoms with E-state index in [1.54, 1.807) is 11.9 Å². The molecule has 3 N–H and O–H groups in total. The molecule has 0 fully saturated rings. The smallest absolute Gasteiger partial charge is 0.311 e. The Morgan fingerprint density at radius 2 is 2.00 bits per heavy atom. The zero-order valence-electron chi connectivity index (χ0n) is 8.77. The van der Waals surface area contributed by atoms with Crippen LogP contribution in [0.2, 0.25) is 0 Å². The number of benzene rings is 1. The summed E-state index contributed by atoms with van der Waals surface area (Å²) < 4.78 is 4.60. The van der Waals surface area contributed by atoms with Crippen LogP contribution in [0.1, 0.15) is 0 Å². The number of ether oxygens (including phenoxy) is 1. The van der Waals surface area contributed by atoms with E-state index in [-0.39, 0.29) is 12.0 Å². The molecule has 1 aromatic rings. The molecule has 5 nitrogen and oxygen atoms in total. The SMILES string of the molecule is COC(=N)N=C(N)N(C)c1ccccc1.